The summed E-state index contributed by atoms with van der Waals surface area (Å²) in [7, 11) is 1.58. The monoisotopic (exact) mass is 327 g/mol. The normalized spacial score (nSPS) is 10.3. The van der Waals surface area contributed by atoms with E-state index < -0.39 is 0 Å². The van der Waals surface area contributed by atoms with E-state index >= 15 is 0 Å². The van der Waals surface area contributed by atoms with Crippen molar-refractivity contribution in [2.24, 2.45) is 0 Å². The van der Waals surface area contributed by atoms with Crippen molar-refractivity contribution in [3.05, 3.63) is 48.3 Å². The van der Waals surface area contributed by atoms with Crippen molar-refractivity contribution in [2.75, 3.05) is 30.4 Å². The second-order valence-electron chi connectivity index (χ2n) is 5.54. The lowest BCUT2D eigenvalue weighted by molar-refractivity contribution is 0.102. The van der Waals surface area contributed by atoms with Gasteiger partial charge in [0, 0.05) is 25.0 Å². The van der Waals surface area contributed by atoms with Crippen LogP contribution in [-0.2, 0) is 0 Å². The molecule has 0 aliphatic rings. The maximum Gasteiger partial charge on any atom is 0.274 e. The zero-order valence-corrected chi connectivity index (χ0v) is 14.6. The van der Waals surface area contributed by atoms with Gasteiger partial charge < -0.3 is 15.0 Å². The molecule has 0 unspecified atom stereocenters. The quantitative estimate of drug-likeness (QED) is 0.797. The lowest BCUT2D eigenvalue weighted by Gasteiger charge is -2.24. The molecule has 1 N–H and O–H groups in total. The van der Waals surface area contributed by atoms with E-state index in [0.717, 1.165) is 31.6 Å². The van der Waals surface area contributed by atoms with Crippen molar-refractivity contribution in [3.63, 3.8) is 0 Å². The minimum absolute atomic E-state index is 0.241. The first-order valence-electron chi connectivity index (χ1n) is 8.35. The number of carbonyl (C=O) groups is 1. The molecule has 0 saturated heterocycles. The topological polar surface area (TPSA) is 54.5 Å². The van der Waals surface area contributed by atoms with Crippen molar-refractivity contribution in [1.82, 2.24) is 4.98 Å². The van der Waals surface area contributed by atoms with E-state index in [1.165, 1.54) is 0 Å². The van der Waals surface area contributed by atoms with Crippen molar-refractivity contribution in [1.29, 1.82) is 0 Å². The molecule has 0 spiro atoms. The van der Waals surface area contributed by atoms with Crippen LogP contribution < -0.4 is 15.0 Å². The van der Waals surface area contributed by atoms with E-state index in [0.29, 0.717) is 17.1 Å². The molecule has 1 aromatic heterocycles. The van der Waals surface area contributed by atoms with E-state index in [2.05, 4.69) is 29.0 Å². The zero-order chi connectivity index (χ0) is 17.4. The molecular weight excluding hydrogens is 302 g/mol. The molecule has 0 bridgehead atoms. The van der Waals surface area contributed by atoms with Crippen molar-refractivity contribution in [3.8, 4) is 5.75 Å². The highest BCUT2D eigenvalue weighted by Gasteiger charge is 2.13. The summed E-state index contributed by atoms with van der Waals surface area (Å²) in [6, 6.07) is 11.1. The molecule has 24 heavy (non-hydrogen) atoms. The Kier molecular flexibility index (Phi) is 6.61. The lowest BCUT2D eigenvalue weighted by Crippen LogP contribution is -2.25. The Bertz CT molecular complexity index is 667. The standard InChI is InChI=1S/C19H25N3O2/c1-4-12-22(13-5-2)15-10-11-20-17(14-15)19(23)21-16-8-6-7-9-18(16)24-3/h6-11,14H,4-5,12-13H2,1-3H3,(H,21,23). The number of nitrogens with zero attached hydrogens (tertiary/aromatic N) is 2. The van der Waals surface area contributed by atoms with Crippen LogP contribution in [0.5, 0.6) is 5.75 Å². The van der Waals surface area contributed by atoms with Crippen LogP contribution in [-0.4, -0.2) is 31.1 Å². The zero-order valence-electron chi connectivity index (χ0n) is 14.6. The Morgan fingerprint density at radius 2 is 1.88 bits per heavy atom. The number of rotatable bonds is 8. The average molecular weight is 327 g/mol. The number of anilines is 2. The number of para-hydroxylation sites is 2. The predicted molar refractivity (Wildman–Crippen MR) is 98.0 cm³/mol. The van der Waals surface area contributed by atoms with Gasteiger partial charge in [0.2, 0.25) is 0 Å². The number of ether oxygens (including phenoxy) is 1. The number of hydrogen-bond donors (Lipinski definition) is 1. The fourth-order valence-corrected chi connectivity index (χ4v) is 2.58. The minimum atomic E-state index is -0.241. The van der Waals surface area contributed by atoms with E-state index in [4.69, 9.17) is 4.74 Å². The Balaban J connectivity index is 2.19. The van der Waals surface area contributed by atoms with Gasteiger partial charge in [-0.3, -0.25) is 9.78 Å². The van der Waals surface area contributed by atoms with Gasteiger partial charge in [0.25, 0.3) is 5.91 Å². The lowest BCUT2D eigenvalue weighted by atomic mass is 10.2. The molecule has 0 radical (unpaired) electrons. The third kappa shape index (κ3) is 4.47. The van der Waals surface area contributed by atoms with Gasteiger partial charge in [0.1, 0.15) is 11.4 Å². The number of nitrogens with one attached hydrogen (secondary N) is 1. The van der Waals surface area contributed by atoms with Gasteiger partial charge in [-0.15, -0.1) is 0 Å². The number of pyridine rings is 1. The molecule has 2 rings (SSSR count). The van der Waals surface area contributed by atoms with Crippen molar-refractivity contribution < 1.29 is 9.53 Å². The van der Waals surface area contributed by atoms with Gasteiger partial charge in [0.15, 0.2) is 0 Å². The summed E-state index contributed by atoms with van der Waals surface area (Å²) < 4.78 is 5.26. The molecule has 0 saturated carbocycles. The molecule has 5 nitrogen and oxygen atoms in total. The summed E-state index contributed by atoms with van der Waals surface area (Å²) in [4.78, 5) is 19.0. The molecule has 0 aliphatic carbocycles. The van der Waals surface area contributed by atoms with Crippen LogP contribution in [0.4, 0.5) is 11.4 Å². The van der Waals surface area contributed by atoms with Crippen molar-refractivity contribution in [2.45, 2.75) is 26.7 Å². The highest BCUT2D eigenvalue weighted by molar-refractivity contribution is 6.04. The average Bonchev–Trinajstić information content (AvgIpc) is 2.62. The fourth-order valence-electron chi connectivity index (χ4n) is 2.58. The maximum atomic E-state index is 12.5. The van der Waals surface area contributed by atoms with Crippen molar-refractivity contribution >= 4 is 17.3 Å². The molecule has 1 amide bonds. The minimum Gasteiger partial charge on any atom is -0.495 e. The van der Waals surface area contributed by atoms with Crippen LogP contribution in [0.3, 0.4) is 0 Å². The number of hydrogen-bond acceptors (Lipinski definition) is 4. The van der Waals surface area contributed by atoms with E-state index in [1.807, 2.05) is 30.3 Å². The maximum absolute atomic E-state index is 12.5. The molecule has 5 heteroatoms. The van der Waals surface area contributed by atoms with E-state index in [-0.39, 0.29) is 5.91 Å². The molecule has 0 atom stereocenters. The van der Waals surface area contributed by atoms with Gasteiger partial charge in [-0.05, 0) is 37.1 Å². The van der Waals surface area contributed by atoms with Crippen LogP contribution in [0, 0.1) is 0 Å². The molecule has 128 valence electrons. The Morgan fingerprint density at radius 1 is 1.17 bits per heavy atom. The fraction of sp³-hybridized carbons (Fsp3) is 0.368. The van der Waals surface area contributed by atoms with Gasteiger partial charge >= 0.3 is 0 Å². The second-order valence-corrected chi connectivity index (χ2v) is 5.54. The molecular formula is C19H25N3O2. The second kappa shape index (κ2) is 8.91. The van der Waals surface area contributed by atoms with Gasteiger partial charge in [0.05, 0.1) is 12.8 Å². The third-order valence-corrected chi connectivity index (χ3v) is 3.68. The van der Waals surface area contributed by atoms with E-state index in [1.54, 1.807) is 19.4 Å². The summed E-state index contributed by atoms with van der Waals surface area (Å²) in [5.74, 6) is 0.384. The number of carbonyl (C=O) groups excluding carboxylic acids is 1. The summed E-state index contributed by atoms with van der Waals surface area (Å²) >= 11 is 0. The number of methoxy groups -OCH3 is 1. The van der Waals surface area contributed by atoms with E-state index in [9.17, 15) is 4.79 Å². The summed E-state index contributed by atoms with van der Waals surface area (Å²) in [6.07, 6.45) is 3.81. The number of amides is 1. The summed E-state index contributed by atoms with van der Waals surface area (Å²) in [5, 5.41) is 2.86. The molecule has 1 aromatic carbocycles. The van der Waals surface area contributed by atoms with Gasteiger partial charge in [-0.25, -0.2) is 0 Å². The van der Waals surface area contributed by atoms with Crippen LogP contribution >= 0.6 is 0 Å². The third-order valence-electron chi connectivity index (χ3n) is 3.68. The van der Waals surface area contributed by atoms with Crippen LogP contribution in [0.15, 0.2) is 42.6 Å². The molecule has 0 fully saturated rings. The highest BCUT2D eigenvalue weighted by atomic mass is 16.5. The van der Waals surface area contributed by atoms with Gasteiger partial charge in [-0.1, -0.05) is 26.0 Å². The Labute approximate surface area is 143 Å². The Morgan fingerprint density at radius 3 is 2.54 bits per heavy atom. The number of aromatic nitrogens is 1. The summed E-state index contributed by atoms with van der Waals surface area (Å²) in [6.45, 7) is 6.23. The number of benzene rings is 1. The molecule has 0 aliphatic heterocycles. The van der Waals surface area contributed by atoms with Crippen LogP contribution in [0.25, 0.3) is 0 Å². The largest absolute Gasteiger partial charge is 0.495 e. The first kappa shape index (κ1) is 17.8. The predicted octanol–water partition coefficient (Wildman–Crippen LogP) is 3.97. The molecule has 1 heterocycles. The van der Waals surface area contributed by atoms with Crippen LogP contribution in [0.2, 0.25) is 0 Å². The summed E-state index contributed by atoms with van der Waals surface area (Å²) in [5.41, 5.74) is 2.06. The highest BCUT2D eigenvalue weighted by Crippen LogP contribution is 2.24. The molecule has 2 aromatic rings. The first-order valence-corrected chi connectivity index (χ1v) is 8.35. The SMILES string of the molecule is CCCN(CCC)c1ccnc(C(=O)Nc2ccccc2OC)c1. The first-order chi connectivity index (χ1) is 11.7. The van der Waals surface area contributed by atoms with Crippen LogP contribution in [0.1, 0.15) is 37.2 Å². The van der Waals surface area contributed by atoms with Gasteiger partial charge in [-0.2, -0.15) is 0 Å². The Hall–Kier alpha value is -2.56. The smallest absolute Gasteiger partial charge is 0.274 e.